The largest absolute Gasteiger partial charge is 0.495 e. The first kappa shape index (κ1) is 34.2. The van der Waals surface area contributed by atoms with Crippen LogP contribution < -0.4 is 15.8 Å². The quantitative estimate of drug-likeness (QED) is 0.130. The molecule has 0 spiro atoms. The summed E-state index contributed by atoms with van der Waals surface area (Å²) < 4.78 is 36.5. The van der Waals surface area contributed by atoms with E-state index in [2.05, 4.69) is 10.3 Å². The van der Waals surface area contributed by atoms with Crippen molar-refractivity contribution in [3.63, 3.8) is 0 Å². The van der Waals surface area contributed by atoms with Gasteiger partial charge < -0.3 is 20.9 Å². The number of carbonyl (C=O) groups is 2. The number of amides is 1. The van der Waals surface area contributed by atoms with E-state index in [1.54, 1.807) is 24.4 Å². The Labute approximate surface area is 273 Å². The van der Waals surface area contributed by atoms with Crippen LogP contribution in [0.4, 0.5) is 8.78 Å². The highest BCUT2D eigenvalue weighted by atomic mass is 35.5. The van der Waals surface area contributed by atoms with Gasteiger partial charge in [-0.25, -0.2) is 18.6 Å². The van der Waals surface area contributed by atoms with Gasteiger partial charge in [-0.1, -0.05) is 54.9 Å². The molecule has 8 nitrogen and oxygen atoms in total. The van der Waals surface area contributed by atoms with E-state index >= 15 is 4.39 Å². The number of aliphatic carboxylic acids is 1. The predicted molar refractivity (Wildman–Crippen MR) is 172 cm³/mol. The van der Waals surface area contributed by atoms with Crippen molar-refractivity contribution in [3.8, 4) is 11.4 Å². The van der Waals surface area contributed by atoms with E-state index in [9.17, 15) is 19.1 Å². The average Bonchev–Trinajstić information content (AvgIpc) is 3.43. The van der Waals surface area contributed by atoms with Crippen LogP contribution in [0.1, 0.15) is 53.9 Å². The molecule has 1 atom stereocenters. The van der Waals surface area contributed by atoms with Gasteiger partial charge in [-0.15, -0.1) is 0 Å². The molecule has 0 saturated heterocycles. The maximum absolute atomic E-state index is 15.4. The molecule has 1 heterocycles. The van der Waals surface area contributed by atoms with Crippen molar-refractivity contribution in [1.82, 2.24) is 14.9 Å². The van der Waals surface area contributed by atoms with E-state index in [-0.39, 0.29) is 34.9 Å². The van der Waals surface area contributed by atoms with E-state index in [1.807, 2.05) is 30.5 Å². The topological polar surface area (TPSA) is 119 Å². The van der Waals surface area contributed by atoms with Gasteiger partial charge in [0.2, 0.25) is 0 Å². The van der Waals surface area contributed by atoms with Crippen LogP contribution in [0, 0.1) is 11.6 Å². The molecular formula is C32H32Cl2F2N4O4S. The number of imidazole rings is 1. The monoisotopic (exact) mass is 676 g/mol. The number of methoxy groups -OCH3 is 1. The summed E-state index contributed by atoms with van der Waals surface area (Å²) in [7, 11) is 1.54. The standard InChI is InChI=1S/C32H32Cl2F2N4O4S/c1-32(2,19-6-11-23(33)27(15-19)44-3)28-16-38-31(40(28)21-9-7-20(35)8-10-21)45-17-22-24(34)13-18(14-25(22)36)29(41)39-26(30(42)43)5-4-12-37/h6-11,13-16,26H,4-5,12,17,37H2,1-3H3,(H,39,41)(H,42,43). The van der Waals surface area contributed by atoms with Gasteiger partial charge >= 0.3 is 5.97 Å². The molecule has 0 aliphatic heterocycles. The van der Waals surface area contributed by atoms with Crippen LogP contribution in [0.2, 0.25) is 10.0 Å². The van der Waals surface area contributed by atoms with Crippen LogP contribution in [0.15, 0.2) is 66.0 Å². The van der Waals surface area contributed by atoms with Crippen LogP contribution in [-0.4, -0.2) is 46.2 Å². The predicted octanol–water partition coefficient (Wildman–Crippen LogP) is 7.01. The van der Waals surface area contributed by atoms with Crippen LogP contribution in [0.25, 0.3) is 5.69 Å². The zero-order valence-corrected chi connectivity index (χ0v) is 27.1. The van der Waals surface area contributed by atoms with Gasteiger partial charge in [0.15, 0.2) is 5.16 Å². The minimum absolute atomic E-state index is 0.00446. The first-order chi connectivity index (χ1) is 21.4. The van der Waals surface area contributed by atoms with Crippen molar-refractivity contribution in [2.75, 3.05) is 13.7 Å². The molecule has 1 amide bonds. The van der Waals surface area contributed by atoms with Crippen LogP contribution in [0.3, 0.4) is 0 Å². The summed E-state index contributed by atoms with van der Waals surface area (Å²) in [4.78, 5) is 28.9. The first-order valence-electron chi connectivity index (χ1n) is 13.9. The van der Waals surface area contributed by atoms with Crippen LogP contribution >= 0.6 is 35.0 Å². The summed E-state index contributed by atoms with van der Waals surface area (Å²) in [6, 6.07) is 12.6. The zero-order chi connectivity index (χ0) is 32.9. The molecule has 4 N–H and O–H groups in total. The highest BCUT2D eigenvalue weighted by Crippen LogP contribution is 2.39. The Morgan fingerprint density at radius 2 is 1.82 bits per heavy atom. The van der Waals surface area contributed by atoms with Crippen molar-refractivity contribution in [1.29, 1.82) is 0 Å². The van der Waals surface area contributed by atoms with Gasteiger partial charge in [0.1, 0.15) is 23.4 Å². The fourth-order valence-corrected chi connectivity index (χ4v) is 6.32. The third kappa shape index (κ3) is 7.78. The molecule has 238 valence electrons. The Balaban J connectivity index is 1.65. The number of hydrogen-bond acceptors (Lipinski definition) is 6. The second-order valence-corrected chi connectivity index (χ2v) is 12.5. The second-order valence-electron chi connectivity index (χ2n) is 10.7. The van der Waals surface area contributed by atoms with Crippen molar-refractivity contribution >= 4 is 46.8 Å². The molecule has 4 rings (SSSR count). The summed E-state index contributed by atoms with van der Waals surface area (Å²) in [5.74, 6) is -2.55. The highest BCUT2D eigenvalue weighted by Gasteiger charge is 2.31. The van der Waals surface area contributed by atoms with Crippen LogP contribution in [-0.2, 0) is 16.0 Å². The summed E-state index contributed by atoms with van der Waals surface area (Å²) in [6.45, 7) is 4.28. The fraction of sp³-hybridized carbons (Fsp3) is 0.281. The van der Waals surface area contributed by atoms with Gasteiger partial charge in [-0.2, -0.15) is 0 Å². The molecule has 0 aliphatic rings. The number of aromatic nitrogens is 2. The summed E-state index contributed by atoms with van der Waals surface area (Å²) in [5.41, 5.74) is 7.14. The van der Waals surface area contributed by atoms with Gasteiger partial charge in [-0.05, 0) is 73.5 Å². The smallest absolute Gasteiger partial charge is 0.326 e. The molecule has 1 unspecified atom stereocenters. The fourth-order valence-electron chi connectivity index (χ4n) is 4.74. The number of nitrogens with two attached hydrogens (primary N) is 1. The lowest BCUT2D eigenvalue weighted by molar-refractivity contribution is -0.139. The lowest BCUT2D eigenvalue weighted by Gasteiger charge is -2.28. The van der Waals surface area contributed by atoms with Crippen molar-refractivity contribution in [3.05, 3.63) is 105 Å². The molecule has 0 bridgehead atoms. The Morgan fingerprint density at radius 1 is 1.11 bits per heavy atom. The van der Waals surface area contributed by atoms with Gasteiger partial charge in [0.25, 0.3) is 5.91 Å². The lowest BCUT2D eigenvalue weighted by atomic mass is 9.81. The molecule has 13 heteroatoms. The van der Waals surface area contributed by atoms with Crippen molar-refractivity contribution in [2.24, 2.45) is 5.73 Å². The molecule has 4 aromatic rings. The third-order valence-electron chi connectivity index (χ3n) is 7.38. The SMILES string of the molecule is COc1cc(C(C)(C)c2cnc(SCc3c(F)cc(C(=O)NC(CCCN)C(=O)O)cc3Cl)n2-c2ccc(F)cc2)ccc1Cl. The number of carbonyl (C=O) groups excluding carboxylic acids is 1. The number of rotatable bonds is 13. The van der Waals surface area contributed by atoms with Gasteiger partial charge in [0.05, 0.1) is 24.0 Å². The zero-order valence-electron chi connectivity index (χ0n) is 24.7. The molecule has 45 heavy (non-hydrogen) atoms. The number of hydrogen-bond donors (Lipinski definition) is 3. The molecule has 3 aromatic carbocycles. The van der Waals surface area contributed by atoms with Crippen LogP contribution in [0.5, 0.6) is 5.75 Å². The Morgan fingerprint density at radius 3 is 2.44 bits per heavy atom. The van der Waals surface area contributed by atoms with E-state index in [4.69, 9.17) is 33.7 Å². The number of benzene rings is 3. The molecule has 0 radical (unpaired) electrons. The van der Waals surface area contributed by atoms with Gasteiger partial charge in [0, 0.05) is 33.0 Å². The second kappa shape index (κ2) is 14.6. The minimum atomic E-state index is -1.22. The number of ether oxygens (including phenoxy) is 1. The van der Waals surface area contributed by atoms with Gasteiger partial charge in [-0.3, -0.25) is 9.36 Å². The summed E-state index contributed by atoms with van der Waals surface area (Å²) in [5, 5.41) is 12.7. The van der Waals surface area contributed by atoms with Crippen molar-refractivity contribution in [2.45, 2.75) is 49.1 Å². The average molecular weight is 678 g/mol. The Kier molecular flexibility index (Phi) is 11.1. The maximum atomic E-state index is 15.4. The van der Waals surface area contributed by atoms with E-state index < -0.39 is 35.0 Å². The van der Waals surface area contributed by atoms with E-state index in [0.717, 1.165) is 17.3 Å². The number of carboxylic acid groups (broad SMARTS) is 1. The molecular weight excluding hydrogens is 645 g/mol. The first-order valence-corrected chi connectivity index (χ1v) is 15.6. The normalized spacial score (nSPS) is 12.2. The molecule has 1 aromatic heterocycles. The Hall–Kier alpha value is -3.64. The summed E-state index contributed by atoms with van der Waals surface area (Å²) >= 11 is 13.9. The lowest BCUT2D eigenvalue weighted by Crippen LogP contribution is -2.41. The number of carboxylic acids is 1. The minimum Gasteiger partial charge on any atom is -0.495 e. The Bertz CT molecular complexity index is 1680. The van der Waals surface area contributed by atoms with E-state index in [0.29, 0.717) is 28.0 Å². The summed E-state index contributed by atoms with van der Waals surface area (Å²) in [6.07, 6.45) is 2.23. The maximum Gasteiger partial charge on any atom is 0.326 e. The third-order valence-corrected chi connectivity index (χ3v) is 9.01. The highest BCUT2D eigenvalue weighted by molar-refractivity contribution is 7.98. The molecule has 0 saturated carbocycles. The number of nitrogens with zero attached hydrogens (tertiary/aromatic N) is 2. The van der Waals surface area contributed by atoms with E-state index in [1.165, 1.54) is 37.1 Å². The number of thioether (sulfide) groups is 1. The number of nitrogens with one attached hydrogen (secondary N) is 1. The van der Waals surface area contributed by atoms with Crippen molar-refractivity contribution < 1.29 is 28.2 Å². The number of halogens is 4. The molecule has 0 aliphatic carbocycles. The molecule has 0 fully saturated rings.